The lowest BCUT2D eigenvalue weighted by Crippen LogP contribution is -2.32. The van der Waals surface area contributed by atoms with Crippen LogP contribution in [0.2, 0.25) is 0 Å². The summed E-state index contributed by atoms with van der Waals surface area (Å²) in [5, 5.41) is 8.89. The summed E-state index contributed by atoms with van der Waals surface area (Å²) in [7, 11) is 3.19. The molecule has 1 aromatic heterocycles. The zero-order valence-corrected chi connectivity index (χ0v) is 11.5. The fourth-order valence-corrected chi connectivity index (χ4v) is 1.76. The molecule has 0 aliphatic rings. The van der Waals surface area contributed by atoms with Crippen molar-refractivity contribution in [1.82, 2.24) is 9.88 Å². The molecule has 0 spiro atoms. The van der Waals surface area contributed by atoms with Crippen LogP contribution in [0, 0.1) is 6.92 Å². The van der Waals surface area contributed by atoms with Crippen LogP contribution in [0.5, 0.6) is 5.75 Å². The Balaban J connectivity index is 2.76. The van der Waals surface area contributed by atoms with Crippen LogP contribution < -0.4 is 4.74 Å². The Kier molecular flexibility index (Phi) is 6.24. The van der Waals surface area contributed by atoms with Gasteiger partial charge in [-0.1, -0.05) is 0 Å². The zero-order valence-electron chi connectivity index (χ0n) is 11.5. The number of carboxylic acids is 1. The highest BCUT2D eigenvalue weighted by Crippen LogP contribution is 2.14. The highest BCUT2D eigenvalue weighted by molar-refractivity contribution is 5.69. The lowest BCUT2D eigenvalue weighted by Gasteiger charge is -2.19. The van der Waals surface area contributed by atoms with Crippen LogP contribution in [0.3, 0.4) is 0 Å². The maximum Gasteiger partial charge on any atom is 0.317 e. The number of carbonyl (C=O) groups is 1. The van der Waals surface area contributed by atoms with E-state index < -0.39 is 5.97 Å². The van der Waals surface area contributed by atoms with Gasteiger partial charge in [0.1, 0.15) is 5.75 Å². The first-order chi connectivity index (χ1) is 9.05. The first kappa shape index (κ1) is 15.4. The molecular weight excluding hydrogens is 248 g/mol. The second-order valence-electron chi connectivity index (χ2n) is 4.24. The number of aliphatic carboxylic acids is 1. The van der Waals surface area contributed by atoms with E-state index in [-0.39, 0.29) is 6.54 Å². The lowest BCUT2D eigenvalue weighted by atomic mass is 10.2. The number of aryl methyl sites for hydroxylation is 1. The predicted molar refractivity (Wildman–Crippen MR) is 70.3 cm³/mol. The van der Waals surface area contributed by atoms with Crippen LogP contribution in [0.1, 0.15) is 11.4 Å². The summed E-state index contributed by atoms with van der Waals surface area (Å²) in [4.78, 5) is 17.0. The molecule has 0 amide bonds. The minimum absolute atomic E-state index is 0.0404. The number of rotatable bonds is 8. The minimum Gasteiger partial charge on any atom is -0.497 e. The number of carboxylic acid groups (broad SMARTS) is 1. The summed E-state index contributed by atoms with van der Waals surface area (Å²) in [6.45, 7) is 3.31. The molecule has 19 heavy (non-hydrogen) atoms. The van der Waals surface area contributed by atoms with E-state index in [0.29, 0.717) is 19.7 Å². The topological polar surface area (TPSA) is 71.9 Å². The fourth-order valence-electron chi connectivity index (χ4n) is 1.76. The van der Waals surface area contributed by atoms with Gasteiger partial charge in [-0.05, 0) is 6.92 Å². The Morgan fingerprint density at radius 3 is 2.74 bits per heavy atom. The highest BCUT2D eigenvalue weighted by atomic mass is 16.5. The summed E-state index contributed by atoms with van der Waals surface area (Å²) in [6, 6.07) is 3.65. The van der Waals surface area contributed by atoms with Gasteiger partial charge in [0.2, 0.25) is 0 Å². The Bertz CT molecular complexity index is 423. The van der Waals surface area contributed by atoms with Crippen molar-refractivity contribution in [2.24, 2.45) is 0 Å². The van der Waals surface area contributed by atoms with Gasteiger partial charge in [-0.3, -0.25) is 14.7 Å². The van der Waals surface area contributed by atoms with Crippen molar-refractivity contribution >= 4 is 5.97 Å². The molecule has 0 bridgehead atoms. The molecule has 0 fully saturated rings. The van der Waals surface area contributed by atoms with Crippen molar-refractivity contribution in [1.29, 1.82) is 0 Å². The van der Waals surface area contributed by atoms with Crippen molar-refractivity contribution in [3.8, 4) is 5.75 Å². The predicted octanol–water partition coefficient (Wildman–Crippen LogP) is 0.932. The van der Waals surface area contributed by atoms with Gasteiger partial charge in [0.05, 0.1) is 26.0 Å². The summed E-state index contributed by atoms with van der Waals surface area (Å²) >= 11 is 0. The molecule has 0 saturated heterocycles. The van der Waals surface area contributed by atoms with Crippen LogP contribution >= 0.6 is 0 Å². The summed E-state index contributed by atoms with van der Waals surface area (Å²) in [6.07, 6.45) is 0. The fraction of sp³-hybridized carbons (Fsp3) is 0.538. The normalized spacial score (nSPS) is 10.7. The van der Waals surface area contributed by atoms with Crippen LogP contribution in [-0.4, -0.2) is 54.9 Å². The zero-order chi connectivity index (χ0) is 14.3. The maximum atomic E-state index is 10.8. The third-order valence-corrected chi connectivity index (χ3v) is 2.57. The van der Waals surface area contributed by atoms with E-state index in [4.69, 9.17) is 14.6 Å². The van der Waals surface area contributed by atoms with Crippen molar-refractivity contribution in [2.75, 3.05) is 33.9 Å². The minimum atomic E-state index is -0.865. The van der Waals surface area contributed by atoms with Crippen molar-refractivity contribution < 1.29 is 19.4 Å². The first-order valence-electron chi connectivity index (χ1n) is 5.99. The third-order valence-electron chi connectivity index (χ3n) is 2.57. The van der Waals surface area contributed by atoms with Crippen LogP contribution in [0.25, 0.3) is 0 Å². The maximum absolute atomic E-state index is 10.8. The molecule has 0 unspecified atom stereocenters. The average Bonchev–Trinajstić information content (AvgIpc) is 2.34. The van der Waals surface area contributed by atoms with E-state index in [1.807, 2.05) is 19.1 Å². The van der Waals surface area contributed by atoms with E-state index in [2.05, 4.69) is 4.98 Å². The molecule has 0 aliphatic heterocycles. The summed E-state index contributed by atoms with van der Waals surface area (Å²) < 4.78 is 10.2. The lowest BCUT2D eigenvalue weighted by molar-refractivity contribution is -0.138. The number of hydrogen-bond donors (Lipinski definition) is 1. The van der Waals surface area contributed by atoms with E-state index in [9.17, 15) is 4.79 Å². The van der Waals surface area contributed by atoms with Gasteiger partial charge < -0.3 is 14.6 Å². The smallest absolute Gasteiger partial charge is 0.317 e. The molecule has 1 N–H and O–H groups in total. The van der Waals surface area contributed by atoms with Crippen molar-refractivity contribution in [3.05, 3.63) is 23.5 Å². The quantitative estimate of drug-likeness (QED) is 0.756. The van der Waals surface area contributed by atoms with Gasteiger partial charge in [-0.15, -0.1) is 0 Å². The molecule has 1 heterocycles. The molecule has 0 aromatic carbocycles. The van der Waals surface area contributed by atoms with E-state index in [1.54, 1.807) is 19.1 Å². The van der Waals surface area contributed by atoms with Crippen LogP contribution in [0.15, 0.2) is 12.1 Å². The molecule has 0 saturated carbocycles. The number of ether oxygens (including phenoxy) is 2. The van der Waals surface area contributed by atoms with Crippen molar-refractivity contribution in [3.63, 3.8) is 0 Å². The van der Waals surface area contributed by atoms with Gasteiger partial charge in [-0.2, -0.15) is 0 Å². The van der Waals surface area contributed by atoms with Gasteiger partial charge in [-0.25, -0.2) is 0 Å². The first-order valence-corrected chi connectivity index (χ1v) is 5.99. The monoisotopic (exact) mass is 268 g/mol. The number of methoxy groups -OCH3 is 2. The second-order valence-corrected chi connectivity index (χ2v) is 4.24. The second kappa shape index (κ2) is 7.70. The summed E-state index contributed by atoms with van der Waals surface area (Å²) in [5.74, 6) is -0.139. The molecular formula is C13H20N2O4. The number of hydrogen-bond acceptors (Lipinski definition) is 5. The molecule has 106 valence electrons. The molecule has 0 aliphatic carbocycles. The standard InChI is InChI=1S/C13H20N2O4/c1-10-6-12(19-3)7-11(14-10)8-15(4-5-18-2)9-13(16)17/h6-7H,4-5,8-9H2,1-3H3,(H,16,17). The number of pyridine rings is 1. The molecule has 6 nitrogen and oxygen atoms in total. The van der Waals surface area contributed by atoms with Gasteiger partial charge in [0.25, 0.3) is 0 Å². The Morgan fingerprint density at radius 2 is 2.16 bits per heavy atom. The Hall–Kier alpha value is -1.66. The van der Waals surface area contributed by atoms with Crippen LogP contribution in [-0.2, 0) is 16.1 Å². The van der Waals surface area contributed by atoms with E-state index in [1.165, 1.54) is 0 Å². The molecule has 1 rings (SSSR count). The molecule has 1 aromatic rings. The summed E-state index contributed by atoms with van der Waals surface area (Å²) in [5.41, 5.74) is 1.63. The SMILES string of the molecule is COCCN(CC(=O)O)Cc1cc(OC)cc(C)n1. The van der Waals surface area contributed by atoms with Crippen molar-refractivity contribution in [2.45, 2.75) is 13.5 Å². The Morgan fingerprint density at radius 1 is 1.42 bits per heavy atom. The molecule has 0 radical (unpaired) electrons. The van der Waals surface area contributed by atoms with Gasteiger partial charge in [0.15, 0.2) is 0 Å². The van der Waals surface area contributed by atoms with E-state index >= 15 is 0 Å². The number of nitrogens with zero attached hydrogens (tertiary/aromatic N) is 2. The van der Waals surface area contributed by atoms with Crippen LogP contribution in [0.4, 0.5) is 0 Å². The van der Waals surface area contributed by atoms with E-state index in [0.717, 1.165) is 17.1 Å². The largest absolute Gasteiger partial charge is 0.497 e. The third kappa shape index (κ3) is 5.67. The average molecular weight is 268 g/mol. The van der Waals surface area contributed by atoms with Gasteiger partial charge in [0, 0.05) is 38.0 Å². The van der Waals surface area contributed by atoms with Gasteiger partial charge >= 0.3 is 5.97 Å². The number of aromatic nitrogens is 1. The molecule has 6 heteroatoms. The Labute approximate surface area is 113 Å². The highest BCUT2D eigenvalue weighted by Gasteiger charge is 2.12. The molecule has 0 atom stereocenters.